The van der Waals surface area contributed by atoms with Crippen molar-refractivity contribution in [2.24, 2.45) is 0 Å². The molecule has 1 aromatic heterocycles. The number of para-hydroxylation sites is 2. The number of nitrogens with zero attached hydrogens (tertiary/aromatic N) is 2. The molecule has 1 aliphatic rings. The van der Waals surface area contributed by atoms with Crippen LogP contribution in [0.15, 0.2) is 48.2 Å². The van der Waals surface area contributed by atoms with Gasteiger partial charge in [-0.25, -0.2) is 9.37 Å². The first-order chi connectivity index (χ1) is 12.1. The van der Waals surface area contributed by atoms with Gasteiger partial charge in [-0.2, -0.15) is 0 Å². The van der Waals surface area contributed by atoms with Crippen LogP contribution >= 0.6 is 0 Å². The molecule has 6 heteroatoms. The number of aliphatic hydroxyl groups excluding tert-OH is 1. The van der Waals surface area contributed by atoms with Gasteiger partial charge in [0.05, 0.1) is 16.7 Å². The molecular weight excluding hydrogens is 321 g/mol. The monoisotopic (exact) mass is 337 g/mol. The van der Waals surface area contributed by atoms with E-state index in [1.807, 2.05) is 29.7 Å². The van der Waals surface area contributed by atoms with E-state index in [0.717, 1.165) is 16.6 Å². The summed E-state index contributed by atoms with van der Waals surface area (Å²) in [4.78, 5) is 17.3. The minimum absolute atomic E-state index is 0.0331. The van der Waals surface area contributed by atoms with Gasteiger partial charge in [0.15, 0.2) is 0 Å². The maximum absolute atomic E-state index is 13.8. The van der Waals surface area contributed by atoms with E-state index >= 15 is 0 Å². The Kier molecular flexibility index (Phi) is 3.53. The third-order valence-corrected chi connectivity index (χ3v) is 4.41. The number of aryl methyl sites for hydroxylation is 2. The molecule has 4 rings (SSSR count). The number of imidazole rings is 1. The molecule has 0 saturated carbocycles. The Balaban J connectivity index is 1.80. The summed E-state index contributed by atoms with van der Waals surface area (Å²) in [5.41, 5.74) is 2.86. The Morgan fingerprint density at radius 1 is 1.24 bits per heavy atom. The first kappa shape index (κ1) is 15.4. The molecule has 1 amide bonds. The van der Waals surface area contributed by atoms with Crippen molar-refractivity contribution in [2.45, 2.75) is 19.9 Å². The standard InChI is InChI=1S/C19H16FN3O2/c1-11-5-4-8-14-17(11)22-18-16(15(24)9-10-23(14)18)19(25)21-13-7-3-2-6-12(13)20/h2-8,24H,9-10H2,1H3,(H,21,25). The van der Waals surface area contributed by atoms with Gasteiger partial charge in [0.1, 0.15) is 23.0 Å². The second-order valence-corrected chi connectivity index (χ2v) is 6.04. The van der Waals surface area contributed by atoms with Gasteiger partial charge in [0.25, 0.3) is 5.91 Å². The average molecular weight is 337 g/mol. The highest BCUT2D eigenvalue weighted by molar-refractivity contribution is 6.25. The summed E-state index contributed by atoms with van der Waals surface area (Å²) in [5.74, 6) is -0.733. The number of halogens is 1. The SMILES string of the molecule is Cc1cccc2c1nc1n2CCC(O)=C1C(=O)Nc1ccccc1F. The minimum Gasteiger partial charge on any atom is -0.511 e. The molecule has 2 aromatic carbocycles. The third kappa shape index (κ3) is 2.46. The third-order valence-electron chi connectivity index (χ3n) is 4.41. The number of benzene rings is 2. The van der Waals surface area contributed by atoms with Crippen LogP contribution in [-0.4, -0.2) is 20.6 Å². The molecule has 0 spiro atoms. The molecule has 2 N–H and O–H groups in total. The zero-order chi connectivity index (χ0) is 17.6. The van der Waals surface area contributed by atoms with Crippen molar-refractivity contribution < 1.29 is 14.3 Å². The van der Waals surface area contributed by atoms with Crippen molar-refractivity contribution in [1.29, 1.82) is 0 Å². The fourth-order valence-electron chi connectivity index (χ4n) is 3.16. The van der Waals surface area contributed by atoms with E-state index in [0.29, 0.717) is 18.8 Å². The molecule has 126 valence electrons. The molecule has 0 atom stereocenters. The van der Waals surface area contributed by atoms with Crippen LogP contribution in [-0.2, 0) is 11.3 Å². The normalized spacial score (nSPS) is 13.8. The van der Waals surface area contributed by atoms with E-state index in [4.69, 9.17) is 0 Å². The molecule has 0 saturated heterocycles. The van der Waals surface area contributed by atoms with E-state index < -0.39 is 11.7 Å². The second-order valence-electron chi connectivity index (χ2n) is 6.04. The summed E-state index contributed by atoms with van der Waals surface area (Å²) in [6.07, 6.45) is 0.326. The number of hydrogen-bond acceptors (Lipinski definition) is 3. The summed E-state index contributed by atoms with van der Waals surface area (Å²) in [7, 11) is 0. The Morgan fingerprint density at radius 2 is 2.04 bits per heavy atom. The Hall–Kier alpha value is -3.15. The van der Waals surface area contributed by atoms with Gasteiger partial charge in [-0.15, -0.1) is 0 Å². The van der Waals surface area contributed by atoms with Gasteiger partial charge in [-0.1, -0.05) is 24.3 Å². The molecule has 25 heavy (non-hydrogen) atoms. The van der Waals surface area contributed by atoms with Crippen molar-refractivity contribution in [3.63, 3.8) is 0 Å². The highest BCUT2D eigenvalue weighted by Gasteiger charge is 2.28. The molecule has 0 unspecified atom stereocenters. The highest BCUT2D eigenvalue weighted by atomic mass is 19.1. The predicted molar refractivity (Wildman–Crippen MR) is 93.7 cm³/mol. The summed E-state index contributed by atoms with van der Waals surface area (Å²) in [6, 6.07) is 11.7. The number of fused-ring (bicyclic) bond motifs is 3. The Bertz CT molecular complexity index is 1040. The highest BCUT2D eigenvalue weighted by Crippen LogP contribution is 2.31. The lowest BCUT2D eigenvalue weighted by atomic mass is 10.1. The van der Waals surface area contributed by atoms with Crippen LogP contribution in [0.5, 0.6) is 0 Å². The fourth-order valence-corrected chi connectivity index (χ4v) is 3.16. The summed E-state index contributed by atoms with van der Waals surface area (Å²) in [6.45, 7) is 2.49. The number of carbonyl (C=O) groups excluding carboxylic acids is 1. The smallest absolute Gasteiger partial charge is 0.262 e. The lowest BCUT2D eigenvalue weighted by Crippen LogP contribution is -2.22. The molecular formula is C19H16FN3O2. The lowest BCUT2D eigenvalue weighted by Gasteiger charge is -2.18. The first-order valence-corrected chi connectivity index (χ1v) is 8.00. The molecule has 1 aliphatic heterocycles. The number of aromatic nitrogens is 2. The summed E-state index contributed by atoms with van der Waals surface area (Å²) >= 11 is 0. The van der Waals surface area contributed by atoms with Crippen LogP contribution in [0.3, 0.4) is 0 Å². The number of anilines is 1. The number of hydrogen-bond donors (Lipinski definition) is 2. The molecule has 0 radical (unpaired) electrons. The van der Waals surface area contributed by atoms with Gasteiger partial charge in [0, 0.05) is 13.0 Å². The largest absolute Gasteiger partial charge is 0.511 e. The summed E-state index contributed by atoms with van der Waals surface area (Å²) in [5, 5.41) is 12.8. The van der Waals surface area contributed by atoms with E-state index in [1.165, 1.54) is 12.1 Å². The van der Waals surface area contributed by atoms with Crippen molar-refractivity contribution in [3.8, 4) is 0 Å². The molecule has 0 aliphatic carbocycles. The Labute approximate surface area is 143 Å². The minimum atomic E-state index is -0.573. The van der Waals surface area contributed by atoms with Gasteiger partial charge in [-0.3, -0.25) is 4.79 Å². The predicted octanol–water partition coefficient (Wildman–Crippen LogP) is 3.80. The molecule has 2 heterocycles. The maximum atomic E-state index is 13.8. The van der Waals surface area contributed by atoms with Crippen LogP contribution in [0.2, 0.25) is 0 Å². The van der Waals surface area contributed by atoms with Gasteiger partial charge >= 0.3 is 0 Å². The number of amides is 1. The van der Waals surface area contributed by atoms with E-state index in [2.05, 4.69) is 10.3 Å². The van der Waals surface area contributed by atoms with Gasteiger partial charge in [-0.05, 0) is 30.7 Å². The number of aliphatic hydroxyl groups is 1. The fraction of sp³-hybridized carbons (Fsp3) is 0.158. The van der Waals surface area contributed by atoms with E-state index in [-0.39, 0.29) is 17.0 Å². The maximum Gasteiger partial charge on any atom is 0.262 e. The zero-order valence-corrected chi connectivity index (χ0v) is 13.6. The first-order valence-electron chi connectivity index (χ1n) is 8.00. The summed E-state index contributed by atoms with van der Waals surface area (Å²) < 4.78 is 15.7. The van der Waals surface area contributed by atoms with Crippen molar-refractivity contribution in [2.75, 3.05) is 5.32 Å². The zero-order valence-electron chi connectivity index (χ0n) is 13.6. The molecule has 0 bridgehead atoms. The van der Waals surface area contributed by atoms with E-state index in [9.17, 15) is 14.3 Å². The molecule has 5 nitrogen and oxygen atoms in total. The topological polar surface area (TPSA) is 67.1 Å². The second kappa shape index (κ2) is 5.73. The van der Waals surface area contributed by atoms with E-state index in [1.54, 1.807) is 12.1 Å². The number of nitrogens with one attached hydrogen (secondary N) is 1. The van der Waals surface area contributed by atoms with Gasteiger partial charge in [0.2, 0.25) is 0 Å². The van der Waals surface area contributed by atoms with Crippen LogP contribution < -0.4 is 5.32 Å². The quantitative estimate of drug-likeness (QED) is 0.747. The number of allylic oxidation sites excluding steroid dienone is 1. The molecule has 3 aromatic rings. The van der Waals surface area contributed by atoms with Crippen molar-refractivity contribution in [1.82, 2.24) is 9.55 Å². The van der Waals surface area contributed by atoms with Crippen LogP contribution in [0.4, 0.5) is 10.1 Å². The number of carbonyl (C=O) groups is 1. The lowest BCUT2D eigenvalue weighted by molar-refractivity contribution is -0.111. The Morgan fingerprint density at radius 3 is 2.84 bits per heavy atom. The van der Waals surface area contributed by atoms with Crippen LogP contribution in [0.1, 0.15) is 17.8 Å². The van der Waals surface area contributed by atoms with Crippen LogP contribution in [0, 0.1) is 12.7 Å². The van der Waals surface area contributed by atoms with Gasteiger partial charge < -0.3 is 15.0 Å². The van der Waals surface area contributed by atoms with Crippen LogP contribution in [0.25, 0.3) is 16.6 Å². The average Bonchev–Trinajstić information content (AvgIpc) is 2.96. The van der Waals surface area contributed by atoms with Crippen molar-refractivity contribution >= 4 is 28.2 Å². The molecule has 0 fully saturated rings. The van der Waals surface area contributed by atoms with Crippen molar-refractivity contribution in [3.05, 3.63) is 65.4 Å². The number of rotatable bonds is 2.